The average molecular weight is 1840 g/mol. The van der Waals surface area contributed by atoms with E-state index in [-0.39, 0.29) is 10.8 Å². The van der Waals surface area contributed by atoms with Gasteiger partial charge in [-0.25, -0.2) is 0 Å². The Kier molecular flexibility index (Phi) is 38.8. The fourth-order valence-corrected chi connectivity index (χ4v) is 17.0. The van der Waals surface area contributed by atoms with E-state index >= 15 is 0 Å². The second kappa shape index (κ2) is 50.1. The first-order chi connectivity index (χ1) is 64.4. The summed E-state index contributed by atoms with van der Waals surface area (Å²) in [4.78, 5) is 5.18. The molecule has 1 aliphatic rings. The van der Waals surface area contributed by atoms with E-state index in [0.29, 0.717) is 11.1 Å². The predicted molar refractivity (Wildman–Crippen MR) is 559 cm³/mol. The highest BCUT2D eigenvalue weighted by molar-refractivity contribution is 7.99. The molecule has 1 aliphatic carbocycles. The summed E-state index contributed by atoms with van der Waals surface area (Å²) in [5.74, 6) is 3.52. The van der Waals surface area contributed by atoms with Gasteiger partial charge in [0, 0.05) is 30.4 Å². The standard InChI is InChI=1S/C20H24.C17H14F6.C17H20.C15H16.2C14H14O.2C14H14S/c1-16-6-10-18(11-7-16)20(14-4-3-5-15-20)19-12-8-17(2)9-13-19;1-11-3-7-13(8-4-11)15(16(18,19)20,17(21,22)23)14-9-5-12(2)6-10-14;1-13-5-9-15(10-6-13)17(3,4)16-11-7-14(2)8-12-16;1-12-3-7-14(8-4-12)11-15-9-5-13(2)6-10-15;4*1-11-3-7-13(8-4-11)15-14-9-5-12(2)6-10-14/h6-13H,3-5,14-15H2,1-2H3;3-10H,1-2H3;5-12H,1-4H3;3-10H,11H2,1-2H3;4*3-10H,1-2H3. The van der Waals surface area contributed by atoms with Crippen molar-refractivity contribution in [1.29, 1.82) is 0 Å². The van der Waals surface area contributed by atoms with E-state index in [1.54, 1.807) is 37.4 Å². The smallest absolute Gasteiger partial charge is 0.411 e. The first kappa shape index (κ1) is 104. The maximum atomic E-state index is 13.7. The van der Waals surface area contributed by atoms with E-state index in [2.05, 4.69) is 353 Å². The first-order valence-corrected chi connectivity index (χ1v) is 48.0. The number of ether oxygens (including phenoxy) is 2. The molecule has 2 nitrogen and oxygen atoms in total. The molecule has 696 valence electrons. The minimum absolute atomic E-state index is 0.0708. The van der Waals surface area contributed by atoms with Crippen LogP contribution in [0.1, 0.15) is 179 Å². The minimum Gasteiger partial charge on any atom is -0.457 e. The van der Waals surface area contributed by atoms with Gasteiger partial charge < -0.3 is 9.47 Å². The molecule has 0 saturated heterocycles. The van der Waals surface area contributed by atoms with Crippen LogP contribution < -0.4 is 9.47 Å². The fraction of sp³-hybridized carbons (Fsp3) is 0.232. The molecule has 0 amide bonds. The summed E-state index contributed by atoms with van der Waals surface area (Å²) in [5, 5.41) is 0. The second-order valence-electron chi connectivity index (χ2n) is 36.3. The van der Waals surface area contributed by atoms with Crippen LogP contribution in [0.4, 0.5) is 26.3 Å². The second-order valence-corrected chi connectivity index (χ2v) is 38.6. The van der Waals surface area contributed by atoms with Crippen LogP contribution in [0, 0.1) is 111 Å². The zero-order valence-corrected chi connectivity index (χ0v) is 83.2. The molecule has 16 aromatic carbocycles. The van der Waals surface area contributed by atoms with E-state index in [1.165, 1.54) is 187 Å². The van der Waals surface area contributed by atoms with Gasteiger partial charge in [-0.15, -0.1) is 0 Å². The SMILES string of the molecule is Cc1ccc(C(C)(C)c2ccc(C)cc2)cc1.Cc1ccc(C(c2ccc(C)cc2)(C(F)(F)F)C(F)(F)F)cc1.Cc1ccc(C2(c3ccc(C)cc3)CCCCC2)cc1.Cc1ccc(Cc2ccc(C)cc2)cc1.Cc1ccc(Oc2ccc(C)cc2)cc1.Cc1ccc(Oc2ccc(C)cc2)cc1.Cc1ccc(Sc2ccc(C)cc2)cc1.Cc1ccc(Sc2ccc(C)cc2)cc1. The quantitative estimate of drug-likeness (QED) is 0.0897. The molecular weight excluding hydrogens is 1710 g/mol. The van der Waals surface area contributed by atoms with Crippen molar-refractivity contribution in [1.82, 2.24) is 0 Å². The van der Waals surface area contributed by atoms with Crippen molar-refractivity contribution in [3.63, 3.8) is 0 Å². The summed E-state index contributed by atoms with van der Waals surface area (Å²) >= 11 is 3.61. The molecule has 0 heterocycles. The molecule has 0 N–H and O–H groups in total. The monoisotopic (exact) mass is 1840 g/mol. The van der Waals surface area contributed by atoms with Crippen molar-refractivity contribution in [3.8, 4) is 23.0 Å². The van der Waals surface area contributed by atoms with Gasteiger partial charge in [-0.1, -0.05) is 437 Å². The third kappa shape index (κ3) is 32.3. The maximum absolute atomic E-state index is 13.7. The molecule has 0 radical (unpaired) electrons. The van der Waals surface area contributed by atoms with Crippen LogP contribution in [0.25, 0.3) is 0 Å². The van der Waals surface area contributed by atoms with Gasteiger partial charge in [0.1, 0.15) is 23.0 Å². The van der Waals surface area contributed by atoms with Gasteiger partial charge in [0.05, 0.1) is 0 Å². The van der Waals surface area contributed by atoms with Crippen molar-refractivity contribution < 1.29 is 35.8 Å². The lowest BCUT2D eigenvalue weighted by Gasteiger charge is -2.38. The van der Waals surface area contributed by atoms with Gasteiger partial charge in [0.25, 0.3) is 0 Å². The highest BCUT2D eigenvalue weighted by atomic mass is 32.2. The van der Waals surface area contributed by atoms with E-state index < -0.39 is 28.9 Å². The Bertz CT molecular complexity index is 5280. The van der Waals surface area contributed by atoms with Crippen LogP contribution in [-0.2, 0) is 22.7 Å². The Morgan fingerprint density at radius 3 is 0.585 bits per heavy atom. The third-order valence-electron chi connectivity index (χ3n) is 24.0. The Hall–Kier alpha value is -12.6. The summed E-state index contributed by atoms with van der Waals surface area (Å²) in [7, 11) is 0. The van der Waals surface area contributed by atoms with E-state index in [0.717, 1.165) is 53.7 Å². The van der Waals surface area contributed by atoms with E-state index in [9.17, 15) is 26.3 Å². The highest BCUT2D eigenvalue weighted by Crippen LogP contribution is 2.56. The molecule has 1 fully saturated rings. The number of hydrogen-bond donors (Lipinski definition) is 0. The number of alkyl halides is 6. The Labute approximate surface area is 809 Å². The third-order valence-corrected chi connectivity index (χ3v) is 26.1. The molecule has 1 saturated carbocycles. The Balaban J connectivity index is 0.000000160. The number of rotatable bonds is 16. The van der Waals surface area contributed by atoms with Crippen molar-refractivity contribution in [2.24, 2.45) is 0 Å². The molecule has 135 heavy (non-hydrogen) atoms. The molecule has 0 bridgehead atoms. The molecule has 0 spiro atoms. The molecule has 0 unspecified atom stereocenters. The summed E-state index contributed by atoms with van der Waals surface area (Å²) in [6.07, 6.45) is -3.37. The lowest BCUT2D eigenvalue weighted by atomic mass is 9.65. The van der Waals surface area contributed by atoms with Crippen LogP contribution in [0.15, 0.2) is 408 Å². The number of aryl methyl sites for hydroxylation is 16. The minimum atomic E-state index is -5.53. The average Bonchev–Trinajstić information content (AvgIpc) is 0.714. The molecule has 17 rings (SSSR count). The van der Waals surface area contributed by atoms with E-state index in [1.807, 2.05) is 97.1 Å². The van der Waals surface area contributed by atoms with E-state index in [4.69, 9.17) is 9.47 Å². The fourth-order valence-electron chi connectivity index (χ4n) is 15.4. The van der Waals surface area contributed by atoms with Gasteiger partial charge >= 0.3 is 12.4 Å². The highest BCUT2D eigenvalue weighted by Gasteiger charge is 2.72. The van der Waals surface area contributed by atoms with Crippen LogP contribution in [0.2, 0.25) is 0 Å². The molecule has 16 aromatic rings. The van der Waals surface area contributed by atoms with Gasteiger partial charge in [0.2, 0.25) is 5.41 Å². The summed E-state index contributed by atoms with van der Waals surface area (Å²) in [6.45, 7) is 37.3. The van der Waals surface area contributed by atoms with Crippen LogP contribution in [0.5, 0.6) is 23.0 Å². The van der Waals surface area contributed by atoms with Gasteiger partial charge in [0.15, 0.2) is 0 Å². The van der Waals surface area contributed by atoms with Gasteiger partial charge in [-0.2, -0.15) is 26.3 Å². The van der Waals surface area contributed by atoms with Crippen LogP contribution >= 0.6 is 23.5 Å². The Morgan fingerprint density at radius 2 is 0.385 bits per heavy atom. The topological polar surface area (TPSA) is 18.5 Å². The number of hydrogen-bond acceptors (Lipinski definition) is 4. The van der Waals surface area contributed by atoms with Gasteiger partial charge in [-0.3, -0.25) is 0 Å². The Morgan fingerprint density at radius 1 is 0.215 bits per heavy atom. The van der Waals surface area contributed by atoms with Crippen molar-refractivity contribution in [2.75, 3.05) is 0 Å². The van der Waals surface area contributed by atoms with Crippen molar-refractivity contribution in [2.45, 2.75) is 211 Å². The lowest BCUT2D eigenvalue weighted by Crippen LogP contribution is -2.54. The zero-order chi connectivity index (χ0) is 97.3. The molecule has 10 heteroatoms. The van der Waals surface area contributed by atoms with Crippen LogP contribution in [0.3, 0.4) is 0 Å². The number of benzene rings is 16. The van der Waals surface area contributed by atoms with Crippen molar-refractivity contribution >= 4 is 23.5 Å². The lowest BCUT2D eigenvalue weighted by molar-refractivity contribution is -0.288. The first-order valence-electron chi connectivity index (χ1n) is 46.3. The molecular formula is C125H130F6O2S2. The summed E-state index contributed by atoms with van der Waals surface area (Å²) in [5.41, 5.74) is 22.4. The summed E-state index contributed by atoms with van der Waals surface area (Å²) in [6, 6.07) is 129. The molecule has 0 aromatic heterocycles. The number of halogens is 6. The maximum Gasteiger partial charge on any atom is 0.411 e. The van der Waals surface area contributed by atoms with Crippen molar-refractivity contribution in [3.05, 3.63) is 522 Å². The normalized spacial score (nSPS) is 12.0. The predicted octanol–water partition coefficient (Wildman–Crippen LogP) is 36.9. The molecule has 0 atom stereocenters. The molecule has 0 aliphatic heterocycles. The van der Waals surface area contributed by atoms with Crippen LogP contribution in [-0.4, -0.2) is 12.4 Å². The largest absolute Gasteiger partial charge is 0.457 e. The summed E-state index contributed by atoms with van der Waals surface area (Å²) < 4.78 is 93.7. The van der Waals surface area contributed by atoms with Gasteiger partial charge in [-0.05, 0) is 272 Å². The zero-order valence-electron chi connectivity index (χ0n) is 81.6.